The third-order valence-electron chi connectivity index (χ3n) is 19.7. The molecule has 1 aliphatic heterocycles. The fraction of sp³-hybridized carbons (Fsp3) is 0.684. The van der Waals surface area contributed by atoms with E-state index < -0.39 is 94.9 Å². The Morgan fingerprint density at radius 3 is 1.86 bits per heavy atom. The zero-order valence-electron chi connectivity index (χ0n) is 66.1. The summed E-state index contributed by atoms with van der Waals surface area (Å²) >= 11 is 1.53. The van der Waals surface area contributed by atoms with Crippen LogP contribution >= 0.6 is 11.3 Å². The largest absolute Gasteiger partial charge is 0.445 e. The van der Waals surface area contributed by atoms with Gasteiger partial charge in [0.2, 0.25) is 23.6 Å². The highest BCUT2D eigenvalue weighted by Gasteiger charge is 2.44. The number of aromatic nitrogens is 1. The zero-order valence-corrected chi connectivity index (χ0v) is 66.9. The van der Waals surface area contributed by atoms with E-state index in [1.54, 1.807) is 63.4 Å². The summed E-state index contributed by atoms with van der Waals surface area (Å²) in [5, 5.41) is 13.7. The van der Waals surface area contributed by atoms with Crippen molar-refractivity contribution in [3.05, 3.63) is 82.3 Å². The number of hydrogen-bond acceptors (Lipinski definition) is 22. The highest BCUT2D eigenvalue weighted by atomic mass is 32.1. The number of rotatable bonds is 57. The van der Waals surface area contributed by atoms with E-state index in [2.05, 4.69) is 38.4 Å². The average molecular weight is 1540 g/mol. The third-order valence-corrected chi connectivity index (χ3v) is 20.6. The van der Waals surface area contributed by atoms with Gasteiger partial charge in [-0.3, -0.25) is 33.6 Å². The molecule has 4 rings (SSSR count). The SMILES string of the molecule is CC[C@H](C)[C@@H]([C@@H](CC(=O)N1CCC[C@H]1[C@H](OC)[C@@H](C)C(=O)C[C@@H](Cc1ccccc1)c1nccs1)OC)N(C)C(=O)[C@@H](CC(=O)C(C)(C)NC(=O)OCc1ccc(NC(=O)[C@H](CCCNC(N)=O)CC(=O)[C@@H](NC(=O)[C@H](COCCOCCOCCOCCOCCOCCN)CC(C)=O)C(C)C)cc1)C(C)C. The second kappa shape index (κ2) is 50.6. The summed E-state index contributed by atoms with van der Waals surface area (Å²) in [5.74, 6) is -6.82. The van der Waals surface area contributed by atoms with Gasteiger partial charge in [-0.05, 0) is 93.9 Å². The number of primary amides is 1. The number of nitrogens with one attached hydrogen (secondary N) is 4. The number of ether oxygens (including phenoxy) is 9. The highest BCUT2D eigenvalue weighted by molar-refractivity contribution is 7.09. The molecule has 7 amide bonds. The summed E-state index contributed by atoms with van der Waals surface area (Å²) in [4.78, 5) is 145. The molecule has 2 heterocycles. The summed E-state index contributed by atoms with van der Waals surface area (Å²) in [6, 6.07) is 13.7. The Labute approximate surface area is 643 Å². The van der Waals surface area contributed by atoms with Gasteiger partial charge in [-0.15, -0.1) is 11.3 Å². The molecule has 29 heteroatoms. The van der Waals surface area contributed by atoms with Gasteiger partial charge in [0.15, 0.2) is 11.6 Å². The highest BCUT2D eigenvalue weighted by Crippen LogP contribution is 2.34. The van der Waals surface area contributed by atoms with Gasteiger partial charge in [0.05, 0.1) is 133 Å². The van der Waals surface area contributed by atoms with Crippen molar-refractivity contribution in [1.82, 2.24) is 30.7 Å². The number of anilines is 1. The van der Waals surface area contributed by atoms with Gasteiger partial charge in [-0.25, -0.2) is 14.6 Å². The zero-order chi connectivity index (χ0) is 79.7. The first kappa shape index (κ1) is 93.2. The second-order valence-corrected chi connectivity index (χ2v) is 30.0. The molecule has 11 atom stereocenters. The Bertz CT molecular complexity index is 3180. The molecule has 0 spiro atoms. The van der Waals surface area contributed by atoms with E-state index in [-0.39, 0.29) is 125 Å². The Morgan fingerprint density at radius 2 is 1.32 bits per heavy atom. The van der Waals surface area contributed by atoms with Crippen LogP contribution in [0.25, 0.3) is 0 Å². The van der Waals surface area contributed by atoms with Crippen LogP contribution in [0.15, 0.2) is 66.2 Å². The summed E-state index contributed by atoms with van der Waals surface area (Å²) in [6.07, 6.45) is 2.25. The van der Waals surface area contributed by atoms with Crippen molar-refractivity contribution >= 4 is 75.9 Å². The van der Waals surface area contributed by atoms with Gasteiger partial charge in [-0.1, -0.05) is 97.4 Å². The van der Waals surface area contributed by atoms with E-state index in [1.165, 1.54) is 39.2 Å². The number of amides is 7. The maximum atomic E-state index is 14.9. The van der Waals surface area contributed by atoms with E-state index in [0.29, 0.717) is 103 Å². The lowest BCUT2D eigenvalue weighted by atomic mass is 9.83. The number of ketones is 4. The Hall–Kier alpha value is -7.19. The molecule has 1 aromatic heterocycles. The van der Waals surface area contributed by atoms with Crippen molar-refractivity contribution in [2.75, 3.05) is 126 Å². The number of Topliss-reactive ketones (excluding diaryl/α,β-unsaturated/α-hetero) is 4. The summed E-state index contributed by atoms with van der Waals surface area (Å²) < 4.78 is 50.9. The minimum Gasteiger partial charge on any atom is -0.445 e. The number of hydrogen-bond donors (Lipinski definition) is 6. The third kappa shape index (κ3) is 33.2. The maximum absolute atomic E-state index is 14.9. The van der Waals surface area contributed by atoms with Crippen molar-refractivity contribution in [1.29, 1.82) is 0 Å². The van der Waals surface area contributed by atoms with Gasteiger partial charge in [-0.2, -0.15) is 0 Å². The van der Waals surface area contributed by atoms with Gasteiger partial charge in [0.25, 0.3) is 0 Å². The number of nitrogens with zero attached hydrogens (tertiary/aromatic N) is 3. The molecule has 1 saturated heterocycles. The van der Waals surface area contributed by atoms with Crippen molar-refractivity contribution in [3.8, 4) is 0 Å². The minimum absolute atomic E-state index is 0.0303. The Balaban J connectivity index is 1.31. The molecule has 606 valence electrons. The number of alkyl carbamates (subject to hydrolysis) is 1. The first-order valence-electron chi connectivity index (χ1n) is 38.0. The number of urea groups is 1. The number of likely N-dealkylation sites (tertiary alicyclic amines) is 1. The molecular weight excluding hydrogens is 1410 g/mol. The number of methoxy groups -OCH3 is 2. The number of thiazole rings is 1. The van der Waals surface area contributed by atoms with Crippen molar-refractivity contribution < 1.29 is 90.6 Å². The lowest BCUT2D eigenvalue weighted by Crippen LogP contribution is -2.55. The lowest BCUT2D eigenvalue weighted by molar-refractivity contribution is -0.149. The fourth-order valence-corrected chi connectivity index (χ4v) is 14.0. The molecule has 0 unspecified atom stereocenters. The molecule has 28 nitrogen and oxygen atoms in total. The first-order valence-corrected chi connectivity index (χ1v) is 38.9. The molecule has 108 heavy (non-hydrogen) atoms. The van der Waals surface area contributed by atoms with E-state index >= 15 is 0 Å². The molecular formula is C79H125N9O19S. The molecule has 1 aliphatic rings. The average Bonchev–Trinajstić information content (AvgIpc) is 1.11. The number of benzene rings is 2. The summed E-state index contributed by atoms with van der Waals surface area (Å²) in [7, 11) is 4.80. The smallest absolute Gasteiger partial charge is 0.408 e. The molecule has 0 aliphatic carbocycles. The predicted octanol–water partition coefficient (Wildman–Crippen LogP) is 8.04. The van der Waals surface area contributed by atoms with Crippen LogP contribution in [-0.2, 0) is 94.0 Å². The maximum Gasteiger partial charge on any atom is 0.408 e. The van der Waals surface area contributed by atoms with Crippen LogP contribution in [0.2, 0.25) is 0 Å². The molecule has 3 aromatic rings. The number of nitrogens with two attached hydrogens (primary N) is 2. The summed E-state index contributed by atoms with van der Waals surface area (Å²) in [6.45, 7) is 22.3. The minimum atomic E-state index is -1.49. The van der Waals surface area contributed by atoms with E-state index in [9.17, 15) is 47.9 Å². The predicted molar refractivity (Wildman–Crippen MR) is 411 cm³/mol. The van der Waals surface area contributed by atoms with Gasteiger partial charge in [0.1, 0.15) is 18.2 Å². The van der Waals surface area contributed by atoms with Crippen LogP contribution in [0.4, 0.5) is 15.3 Å². The van der Waals surface area contributed by atoms with E-state index in [4.69, 9.17) is 54.1 Å². The monoisotopic (exact) mass is 1540 g/mol. The van der Waals surface area contributed by atoms with Crippen LogP contribution < -0.4 is 32.7 Å². The van der Waals surface area contributed by atoms with Crippen molar-refractivity contribution in [3.63, 3.8) is 0 Å². The standard InChI is InChI=1S/C79H125N9O19S/c1-14-54(6)71(67(99-12)49-69(93)88-31-19-23-64(88)72(100-13)56(8)65(90)47-60(75-82-30-43-108-75)45-57-20-16-15-17-21-57)87(11)76(96)63(52(2)3)48-68(92)79(9,10)86-78(98)107-50-58-24-26-62(27-25-58)84-73(94)59(22-18-29-83-77(81)97)46-66(91)70(53(4)5)85-74(95)61(44-55(7)89)51-106-42-41-105-40-39-104-38-37-103-36-35-102-34-33-101-32-28-80/h15-17,20-21,24-27,30,43,52-54,56,59-61,63-64,67,70-72H,14,18-19,22-23,28-29,31-42,44-51,80H2,1-13H3,(H,84,94)(H,85,95)(H,86,98)(H3,81,83,97)/t54-,56-,59+,60+,61-,63-,64-,67+,70-,71-,72+/m0/s1. The van der Waals surface area contributed by atoms with Gasteiger partial charge < -0.3 is 90.0 Å². The Morgan fingerprint density at radius 1 is 0.713 bits per heavy atom. The van der Waals surface area contributed by atoms with Crippen LogP contribution in [0.1, 0.15) is 155 Å². The van der Waals surface area contributed by atoms with Crippen LogP contribution in [-0.4, -0.2) is 230 Å². The molecule has 0 radical (unpaired) electrons. The Kier molecular flexibility index (Phi) is 43.6. The molecule has 8 N–H and O–H groups in total. The molecule has 1 fully saturated rings. The van der Waals surface area contributed by atoms with Crippen molar-refractivity contribution in [2.45, 2.75) is 188 Å². The van der Waals surface area contributed by atoms with Crippen LogP contribution in [0.5, 0.6) is 0 Å². The van der Waals surface area contributed by atoms with Crippen LogP contribution in [0.3, 0.4) is 0 Å². The molecule has 0 saturated carbocycles. The van der Waals surface area contributed by atoms with E-state index in [0.717, 1.165) is 17.0 Å². The van der Waals surface area contributed by atoms with Crippen molar-refractivity contribution in [2.24, 2.45) is 52.9 Å². The van der Waals surface area contributed by atoms with Gasteiger partial charge >= 0.3 is 12.1 Å². The molecule has 0 bridgehead atoms. The second-order valence-electron chi connectivity index (χ2n) is 29.1. The summed E-state index contributed by atoms with van der Waals surface area (Å²) in [5.41, 5.74) is 11.2. The topological polar surface area (TPSA) is 373 Å². The normalized spacial score (nSPS) is 15.9. The van der Waals surface area contributed by atoms with E-state index in [1.807, 2.05) is 63.1 Å². The lowest BCUT2D eigenvalue weighted by Gasteiger charge is -2.41. The number of likely N-dealkylation sites (N-methyl/N-ethyl adjacent to an activating group) is 1. The van der Waals surface area contributed by atoms with Crippen LogP contribution in [0, 0.1) is 41.4 Å². The van der Waals surface area contributed by atoms with Gasteiger partial charge in [0, 0.05) is 108 Å². The molecule has 2 aromatic carbocycles. The first-order chi connectivity index (χ1) is 51.6. The number of carbonyl (C=O) groups is 10. The fourth-order valence-electron chi connectivity index (χ4n) is 13.2. The quantitative estimate of drug-likeness (QED) is 0.0291. The number of carbonyl (C=O) groups excluding carboxylic acids is 10.